The molecule has 33 heavy (non-hydrogen) atoms. The zero-order valence-electron chi connectivity index (χ0n) is 19.8. The molecule has 1 N–H and O–H groups in total. The molecule has 0 spiro atoms. The highest BCUT2D eigenvalue weighted by Crippen LogP contribution is 2.23. The smallest absolute Gasteiger partial charge is 0.243 e. The van der Waals surface area contributed by atoms with Crippen LogP contribution in [0.5, 0.6) is 0 Å². The highest BCUT2D eigenvalue weighted by Gasteiger charge is 2.32. The summed E-state index contributed by atoms with van der Waals surface area (Å²) in [6.45, 7) is 5.74. The molecule has 0 aromatic heterocycles. The number of halogens is 2. The van der Waals surface area contributed by atoms with Crippen LogP contribution in [0.25, 0.3) is 0 Å². The van der Waals surface area contributed by atoms with E-state index in [1.54, 1.807) is 43.1 Å². The van der Waals surface area contributed by atoms with Gasteiger partial charge < -0.3 is 9.84 Å². The number of rotatable bonds is 12. The molecular formula is C24H34F2N2O4S. The zero-order valence-corrected chi connectivity index (χ0v) is 20.6. The Morgan fingerprint density at radius 3 is 2.27 bits per heavy atom. The fourth-order valence-electron chi connectivity index (χ4n) is 3.67. The average Bonchev–Trinajstić information content (AvgIpc) is 2.77. The Kier molecular flexibility index (Phi) is 9.93. The van der Waals surface area contributed by atoms with Gasteiger partial charge in [0.1, 0.15) is 11.6 Å². The minimum atomic E-state index is -3.84. The van der Waals surface area contributed by atoms with Crippen LogP contribution in [-0.2, 0) is 21.3 Å². The second-order valence-corrected chi connectivity index (χ2v) is 10.5. The number of methoxy groups -OCH3 is 1. The van der Waals surface area contributed by atoms with Gasteiger partial charge in [0.2, 0.25) is 10.0 Å². The molecule has 6 nitrogen and oxygen atoms in total. The van der Waals surface area contributed by atoms with Crippen LogP contribution in [0.4, 0.5) is 8.78 Å². The number of aryl methyl sites for hydroxylation is 1. The van der Waals surface area contributed by atoms with Crippen LogP contribution in [0, 0.1) is 24.5 Å². The fraction of sp³-hybridized carbons (Fsp3) is 0.500. The molecule has 0 amide bonds. The molecule has 0 saturated heterocycles. The van der Waals surface area contributed by atoms with Crippen molar-refractivity contribution >= 4 is 10.0 Å². The number of aliphatic hydroxyl groups excluding tert-OH is 1. The highest BCUT2D eigenvalue weighted by atomic mass is 32.2. The Labute approximate surface area is 195 Å². The first kappa shape index (κ1) is 27.3. The summed E-state index contributed by atoms with van der Waals surface area (Å²) in [5.41, 5.74) is 1.18. The van der Waals surface area contributed by atoms with Crippen molar-refractivity contribution in [1.82, 2.24) is 9.21 Å². The lowest BCUT2D eigenvalue weighted by molar-refractivity contribution is 0.0219. The summed E-state index contributed by atoms with van der Waals surface area (Å²) in [6, 6.07) is 9.28. The van der Waals surface area contributed by atoms with Gasteiger partial charge in [-0.25, -0.2) is 17.2 Å². The van der Waals surface area contributed by atoms with E-state index >= 15 is 0 Å². The topological polar surface area (TPSA) is 70.1 Å². The summed E-state index contributed by atoms with van der Waals surface area (Å²) in [7, 11) is -0.543. The van der Waals surface area contributed by atoms with Crippen molar-refractivity contribution in [2.24, 2.45) is 5.92 Å². The van der Waals surface area contributed by atoms with Crippen molar-refractivity contribution in [2.45, 2.75) is 44.4 Å². The van der Waals surface area contributed by atoms with E-state index in [1.807, 2.05) is 13.8 Å². The minimum Gasteiger partial charge on any atom is -0.395 e. The van der Waals surface area contributed by atoms with Crippen molar-refractivity contribution in [3.63, 3.8) is 0 Å². The second kappa shape index (κ2) is 12.0. The molecule has 0 heterocycles. The van der Waals surface area contributed by atoms with Crippen LogP contribution < -0.4 is 0 Å². The van der Waals surface area contributed by atoms with E-state index in [2.05, 4.69) is 0 Å². The summed E-state index contributed by atoms with van der Waals surface area (Å²) in [5.74, 6) is -1.24. The van der Waals surface area contributed by atoms with E-state index in [9.17, 15) is 22.3 Å². The number of aliphatic hydroxyl groups is 1. The van der Waals surface area contributed by atoms with Gasteiger partial charge in [0.05, 0.1) is 17.6 Å². The Bertz CT molecular complexity index is 1000. The molecule has 0 saturated carbocycles. The van der Waals surface area contributed by atoms with Gasteiger partial charge in [-0.05, 0) is 57.1 Å². The monoisotopic (exact) mass is 484 g/mol. The number of ether oxygens (including phenoxy) is 1. The van der Waals surface area contributed by atoms with E-state index in [1.165, 1.54) is 11.4 Å². The number of sulfonamides is 1. The maximum Gasteiger partial charge on any atom is 0.243 e. The van der Waals surface area contributed by atoms with E-state index in [0.717, 1.165) is 23.8 Å². The summed E-state index contributed by atoms with van der Waals surface area (Å²) in [5, 5.41) is 9.71. The predicted octanol–water partition coefficient (Wildman–Crippen LogP) is 3.43. The Morgan fingerprint density at radius 2 is 1.70 bits per heavy atom. The number of nitrogens with zero attached hydrogens (tertiary/aromatic N) is 2. The van der Waals surface area contributed by atoms with Crippen molar-refractivity contribution < 1.29 is 27.0 Å². The summed E-state index contributed by atoms with van der Waals surface area (Å²) >= 11 is 0. The second-order valence-electron chi connectivity index (χ2n) is 8.60. The third-order valence-electron chi connectivity index (χ3n) is 5.73. The lowest BCUT2D eigenvalue weighted by Gasteiger charge is -2.34. The van der Waals surface area contributed by atoms with Gasteiger partial charge in [-0.3, -0.25) is 4.90 Å². The van der Waals surface area contributed by atoms with Gasteiger partial charge in [0.15, 0.2) is 0 Å². The standard InChI is InChI=1S/C24H34F2N2O4S/c1-17-6-9-22(10-7-17)33(30,31)28(19(3)16-29)13-18(2)24(32-5)15-27(4)14-20-12-21(25)8-11-23(20)26/h6-12,18-19,24,29H,13-16H2,1-5H3/t18-,19+,24+/m0/s1. The van der Waals surface area contributed by atoms with Crippen LogP contribution >= 0.6 is 0 Å². The average molecular weight is 485 g/mol. The molecule has 2 rings (SSSR count). The van der Waals surface area contributed by atoms with Crippen molar-refractivity contribution in [3.8, 4) is 0 Å². The summed E-state index contributed by atoms with van der Waals surface area (Å²) in [6.07, 6.45) is -0.381. The van der Waals surface area contributed by atoms with Crippen LogP contribution in [0.2, 0.25) is 0 Å². The number of benzene rings is 2. The first-order chi connectivity index (χ1) is 15.5. The minimum absolute atomic E-state index is 0.124. The van der Waals surface area contributed by atoms with E-state index in [4.69, 9.17) is 4.74 Å². The van der Waals surface area contributed by atoms with Gasteiger partial charge in [0, 0.05) is 38.3 Å². The first-order valence-corrected chi connectivity index (χ1v) is 12.3. The van der Waals surface area contributed by atoms with Gasteiger partial charge >= 0.3 is 0 Å². The number of likely N-dealkylation sites (N-methyl/N-ethyl adjacent to an activating group) is 1. The third-order valence-corrected chi connectivity index (χ3v) is 7.72. The first-order valence-electron chi connectivity index (χ1n) is 10.8. The quantitative estimate of drug-likeness (QED) is 0.500. The molecule has 2 aromatic carbocycles. The molecule has 0 radical (unpaired) electrons. The molecule has 0 aliphatic carbocycles. The fourth-order valence-corrected chi connectivity index (χ4v) is 5.39. The molecule has 0 unspecified atom stereocenters. The molecule has 184 valence electrons. The van der Waals surface area contributed by atoms with E-state index in [-0.39, 0.29) is 42.2 Å². The van der Waals surface area contributed by atoms with E-state index in [0.29, 0.717) is 6.54 Å². The molecule has 0 aliphatic rings. The largest absolute Gasteiger partial charge is 0.395 e. The third kappa shape index (κ3) is 7.28. The lowest BCUT2D eigenvalue weighted by Crippen LogP contribution is -2.46. The number of hydrogen-bond acceptors (Lipinski definition) is 5. The highest BCUT2D eigenvalue weighted by molar-refractivity contribution is 7.89. The van der Waals surface area contributed by atoms with Crippen molar-refractivity contribution in [1.29, 1.82) is 0 Å². The molecule has 2 aromatic rings. The Balaban J connectivity index is 2.16. The van der Waals surface area contributed by atoms with Gasteiger partial charge in [-0.1, -0.05) is 24.6 Å². The van der Waals surface area contributed by atoms with Crippen molar-refractivity contribution in [3.05, 3.63) is 65.2 Å². The van der Waals surface area contributed by atoms with Crippen LogP contribution in [0.1, 0.15) is 25.0 Å². The summed E-state index contributed by atoms with van der Waals surface area (Å²) in [4.78, 5) is 1.96. The summed E-state index contributed by atoms with van der Waals surface area (Å²) < 4.78 is 61.0. The molecule has 0 fully saturated rings. The van der Waals surface area contributed by atoms with Gasteiger partial charge in [-0.15, -0.1) is 0 Å². The Morgan fingerprint density at radius 1 is 1.06 bits per heavy atom. The van der Waals surface area contributed by atoms with E-state index < -0.39 is 27.7 Å². The lowest BCUT2D eigenvalue weighted by atomic mass is 10.0. The zero-order chi connectivity index (χ0) is 24.8. The molecule has 3 atom stereocenters. The van der Waals surface area contributed by atoms with Crippen LogP contribution in [-0.4, -0.2) is 68.7 Å². The normalized spacial score (nSPS) is 15.1. The van der Waals surface area contributed by atoms with Crippen molar-refractivity contribution in [2.75, 3.05) is 33.9 Å². The molecule has 0 bridgehead atoms. The Hall–Kier alpha value is -1.91. The number of hydrogen-bond donors (Lipinski definition) is 1. The maximum atomic E-state index is 14.0. The van der Waals surface area contributed by atoms with Gasteiger partial charge in [0.25, 0.3) is 0 Å². The molecule has 0 aliphatic heterocycles. The SMILES string of the molecule is CO[C@H](CN(C)Cc1cc(F)ccc1F)[C@@H](C)CN([C@H](C)CO)S(=O)(=O)c1ccc(C)cc1. The predicted molar refractivity (Wildman–Crippen MR) is 124 cm³/mol. The maximum absolute atomic E-state index is 14.0. The molecular weight excluding hydrogens is 450 g/mol. The molecule has 9 heteroatoms. The van der Waals surface area contributed by atoms with Gasteiger partial charge in [-0.2, -0.15) is 4.31 Å². The van der Waals surface area contributed by atoms with Crippen LogP contribution in [0.3, 0.4) is 0 Å². The van der Waals surface area contributed by atoms with Crippen LogP contribution in [0.15, 0.2) is 47.4 Å².